The predicted molar refractivity (Wildman–Crippen MR) is 153 cm³/mol. The van der Waals surface area contributed by atoms with Crippen LogP contribution in [-0.4, -0.2) is 45.9 Å². The minimum Gasteiger partial charge on any atom is -0.493 e. The van der Waals surface area contributed by atoms with Crippen LogP contribution in [0.3, 0.4) is 0 Å². The number of fused-ring (bicyclic) bond motifs is 1. The van der Waals surface area contributed by atoms with Crippen molar-refractivity contribution in [2.45, 2.75) is 45.1 Å². The van der Waals surface area contributed by atoms with E-state index >= 15 is 0 Å². The van der Waals surface area contributed by atoms with Crippen LogP contribution in [0, 0.1) is 13.8 Å². The summed E-state index contributed by atoms with van der Waals surface area (Å²) in [7, 11) is 2.93. The third-order valence-electron chi connectivity index (χ3n) is 7.22. The van der Waals surface area contributed by atoms with Gasteiger partial charge in [0.25, 0.3) is 5.91 Å². The first-order valence-electron chi connectivity index (χ1n) is 12.8. The van der Waals surface area contributed by atoms with E-state index in [1.165, 1.54) is 20.3 Å². The minimum atomic E-state index is -4.61. The smallest absolute Gasteiger partial charge is 0.410 e. The summed E-state index contributed by atoms with van der Waals surface area (Å²) in [5.74, 6) is 0.231. The van der Waals surface area contributed by atoms with Gasteiger partial charge in [0, 0.05) is 28.1 Å². The first kappa shape index (κ1) is 29.6. The lowest BCUT2D eigenvalue weighted by Gasteiger charge is -2.33. The lowest BCUT2D eigenvalue weighted by Crippen LogP contribution is -2.35. The lowest BCUT2D eigenvalue weighted by atomic mass is 9.96. The van der Waals surface area contributed by atoms with Crippen molar-refractivity contribution < 1.29 is 27.4 Å². The van der Waals surface area contributed by atoms with Crippen LogP contribution in [0.15, 0.2) is 42.5 Å². The van der Waals surface area contributed by atoms with Crippen molar-refractivity contribution in [3.05, 3.63) is 80.7 Å². The van der Waals surface area contributed by atoms with Crippen LogP contribution in [0.4, 0.5) is 24.7 Å². The monoisotopic (exact) mass is 622 g/mol. The number of methoxy groups -OCH3 is 2. The van der Waals surface area contributed by atoms with Crippen molar-refractivity contribution in [1.29, 1.82) is 0 Å². The molecule has 2 aromatic heterocycles. The Morgan fingerprint density at radius 3 is 2.40 bits per heavy atom. The molecule has 1 amide bonds. The van der Waals surface area contributed by atoms with Crippen LogP contribution in [0.2, 0.25) is 10.0 Å². The number of benzene rings is 2. The maximum Gasteiger partial charge on any atom is 0.410 e. The van der Waals surface area contributed by atoms with Crippen molar-refractivity contribution in [3.63, 3.8) is 0 Å². The summed E-state index contributed by atoms with van der Waals surface area (Å²) in [6.07, 6.45) is -4.95. The molecule has 0 bridgehead atoms. The number of halogens is 5. The number of hydrogen-bond acceptors (Lipinski definition) is 6. The van der Waals surface area contributed by atoms with Crippen LogP contribution in [-0.2, 0) is 6.54 Å². The van der Waals surface area contributed by atoms with Gasteiger partial charge in [0.15, 0.2) is 23.2 Å². The summed E-state index contributed by atoms with van der Waals surface area (Å²) in [6.45, 7) is 3.72. The highest BCUT2D eigenvalue weighted by Crippen LogP contribution is 2.44. The fraction of sp³-hybridized carbons (Fsp3) is 0.321. The van der Waals surface area contributed by atoms with E-state index in [1.807, 2.05) is 0 Å². The van der Waals surface area contributed by atoms with E-state index in [9.17, 15) is 18.0 Å². The van der Waals surface area contributed by atoms with Gasteiger partial charge in [-0.05, 0) is 43.7 Å². The lowest BCUT2D eigenvalue weighted by molar-refractivity contribution is -0.173. The first-order chi connectivity index (χ1) is 19.9. The standard InChI is InChI=1S/C28H27Cl2F3N6O3/c1-14-26(15(2)38(36-14)13-17-18(29)6-5-7-19(17)30)35-27(40)21-12-25-34-20(11-24(28(31,32)33)39(25)37-21)16-8-9-22(41-3)23(10-16)42-4/h5-10,12,20,24,34H,11,13H2,1-4H3,(H,35,40)/t20-,24+/m1/s1. The molecular weight excluding hydrogens is 596 g/mol. The molecule has 222 valence electrons. The van der Waals surface area contributed by atoms with Crippen molar-refractivity contribution >= 4 is 40.6 Å². The largest absolute Gasteiger partial charge is 0.493 e. The van der Waals surface area contributed by atoms with Gasteiger partial charge in [-0.25, -0.2) is 4.68 Å². The number of amides is 1. The van der Waals surface area contributed by atoms with Gasteiger partial charge in [-0.3, -0.25) is 9.48 Å². The molecule has 0 saturated heterocycles. The quantitative estimate of drug-likeness (QED) is 0.231. The Morgan fingerprint density at radius 1 is 1.07 bits per heavy atom. The number of aromatic nitrogens is 4. The molecule has 14 heteroatoms. The summed E-state index contributed by atoms with van der Waals surface area (Å²) < 4.78 is 55.7. The highest BCUT2D eigenvalue weighted by Gasteiger charge is 2.47. The summed E-state index contributed by atoms with van der Waals surface area (Å²) in [5, 5.41) is 15.3. The highest BCUT2D eigenvalue weighted by molar-refractivity contribution is 6.36. The molecule has 0 saturated carbocycles. The van der Waals surface area contributed by atoms with Crippen LogP contribution in [0.5, 0.6) is 11.5 Å². The number of rotatable bonds is 7. The topological polar surface area (TPSA) is 95.2 Å². The SMILES string of the molecule is COc1ccc([C@H]2C[C@@H](C(F)(F)F)n3nc(C(=O)Nc4c(C)nn(Cc5c(Cl)cccc5Cl)c4C)cc3N2)cc1OC. The van der Waals surface area contributed by atoms with Crippen LogP contribution in [0.25, 0.3) is 0 Å². The Kier molecular flexibility index (Phi) is 8.04. The molecule has 0 unspecified atom stereocenters. The second kappa shape index (κ2) is 11.4. The van der Waals surface area contributed by atoms with Gasteiger partial charge in [-0.15, -0.1) is 0 Å². The molecule has 9 nitrogen and oxygen atoms in total. The summed E-state index contributed by atoms with van der Waals surface area (Å²) in [6, 6.07) is 8.72. The third-order valence-corrected chi connectivity index (χ3v) is 7.93. The Balaban J connectivity index is 1.42. The fourth-order valence-corrected chi connectivity index (χ4v) is 5.53. The molecule has 0 radical (unpaired) electrons. The number of aryl methyl sites for hydroxylation is 1. The molecule has 4 aromatic rings. The van der Waals surface area contributed by atoms with Crippen LogP contribution >= 0.6 is 23.2 Å². The van der Waals surface area contributed by atoms with E-state index in [4.69, 9.17) is 32.7 Å². The van der Waals surface area contributed by atoms with Gasteiger partial charge < -0.3 is 20.1 Å². The van der Waals surface area contributed by atoms with E-state index in [2.05, 4.69) is 20.8 Å². The number of alkyl halides is 3. The fourth-order valence-electron chi connectivity index (χ4n) is 5.02. The van der Waals surface area contributed by atoms with E-state index < -0.39 is 24.2 Å². The summed E-state index contributed by atoms with van der Waals surface area (Å²) >= 11 is 12.6. The molecule has 0 fully saturated rings. The molecule has 0 aliphatic carbocycles. The molecule has 2 N–H and O–H groups in total. The second-order valence-corrected chi connectivity index (χ2v) is 10.6. The molecule has 42 heavy (non-hydrogen) atoms. The van der Waals surface area contributed by atoms with Gasteiger partial charge in [-0.1, -0.05) is 35.3 Å². The predicted octanol–water partition coefficient (Wildman–Crippen LogP) is 6.98. The molecule has 2 atom stereocenters. The molecular formula is C28H27Cl2F3N6O3. The van der Waals surface area contributed by atoms with Gasteiger partial charge in [0.2, 0.25) is 0 Å². The maximum absolute atomic E-state index is 14.2. The van der Waals surface area contributed by atoms with Gasteiger partial charge in [-0.2, -0.15) is 23.4 Å². The Morgan fingerprint density at radius 2 is 1.76 bits per heavy atom. The summed E-state index contributed by atoms with van der Waals surface area (Å²) in [4.78, 5) is 13.3. The average Bonchev–Trinajstić information content (AvgIpc) is 3.50. The zero-order valence-corrected chi connectivity index (χ0v) is 24.5. The number of nitrogens with zero attached hydrogens (tertiary/aromatic N) is 4. The number of carbonyl (C=O) groups is 1. The van der Waals surface area contributed by atoms with E-state index in [0.29, 0.717) is 49.7 Å². The number of anilines is 2. The van der Waals surface area contributed by atoms with Crippen LogP contribution < -0.4 is 20.1 Å². The maximum atomic E-state index is 14.2. The molecule has 2 aromatic carbocycles. The van der Waals surface area contributed by atoms with E-state index in [0.717, 1.165) is 4.68 Å². The zero-order chi connectivity index (χ0) is 30.3. The van der Waals surface area contributed by atoms with Crippen molar-refractivity contribution in [2.75, 3.05) is 24.9 Å². The van der Waals surface area contributed by atoms with Gasteiger partial charge >= 0.3 is 6.18 Å². The molecule has 1 aliphatic rings. The second-order valence-electron chi connectivity index (χ2n) is 9.82. The van der Waals surface area contributed by atoms with Gasteiger partial charge in [0.1, 0.15) is 5.82 Å². The minimum absolute atomic E-state index is 0.0611. The number of ether oxygens (including phenoxy) is 2. The Hall–Kier alpha value is -3.90. The molecule has 0 spiro atoms. The third kappa shape index (κ3) is 5.60. The Labute approximate surface area is 249 Å². The highest BCUT2D eigenvalue weighted by atomic mass is 35.5. The summed E-state index contributed by atoms with van der Waals surface area (Å²) in [5.41, 5.74) is 2.59. The van der Waals surface area contributed by atoms with Crippen molar-refractivity contribution in [3.8, 4) is 11.5 Å². The van der Waals surface area contributed by atoms with E-state index in [-0.39, 0.29) is 24.5 Å². The normalized spacial score (nSPS) is 16.5. The Bertz CT molecular complexity index is 1630. The number of carbonyl (C=O) groups excluding carboxylic acids is 1. The van der Waals surface area contributed by atoms with Gasteiger partial charge in [0.05, 0.1) is 43.9 Å². The van der Waals surface area contributed by atoms with Crippen molar-refractivity contribution in [1.82, 2.24) is 19.6 Å². The number of hydrogen-bond donors (Lipinski definition) is 2. The zero-order valence-electron chi connectivity index (χ0n) is 23.0. The van der Waals surface area contributed by atoms with E-state index in [1.54, 1.807) is 54.9 Å². The average molecular weight is 623 g/mol. The molecule has 5 rings (SSSR count). The van der Waals surface area contributed by atoms with Crippen molar-refractivity contribution in [2.24, 2.45) is 0 Å². The van der Waals surface area contributed by atoms with Crippen LogP contribution in [0.1, 0.15) is 51.5 Å². The molecule has 1 aliphatic heterocycles. The first-order valence-corrected chi connectivity index (χ1v) is 13.6. The molecule has 3 heterocycles. The number of nitrogens with one attached hydrogen (secondary N) is 2.